The Hall–Kier alpha value is -5.89. The van der Waals surface area contributed by atoms with Crippen LogP contribution in [0.4, 0.5) is 13.6 Å². The molecule has 5 aromatic rings. The number of fused-ring (bicyclic) bond motifs is 3. The number of aliphatic hydroxyl groups is 2. The predicted molar refractivity (Wildman–Crippen MR) is 242 cm³/mol. The molecule has 336 valence electrons. The largest absolute Gasteiger partial charge is 0.449 e. The molecule has 1 heterocycles. The van der Waals surface area contributed by atoms with E-state index in [-0.39, 0.29) is 54.6 Å². The van der Waals surface area contributed by atoms with Crippen molar-refractivity contribution in [2.24, 2.45) is 11.3 Å². The van der Waals surface area contributed by atoms with Crippen LogP contribution in [0.1, 0.15) is 82.3 Å². The summed E-state index contributed by atoms with van der Waals surface area (Å²) >= 11 is 0. The lowest BCUT2D eigenvalue weighted by Gasteiger charge is -2.33. The van der Waals surface area contributed by atoms with Gasteiger partial charge < -0.3 is 40.8 Å². The van der Waals surface area contributed by atoms with Gasteiger partial charge in [0.25, 0.3) is 0 Å². The molecule has 11 nitrogen and oxygen atoms in total. The monoisotopic (exact) mass is 865 g/mol. The molecule has 0 radical (unpaired) electrons. The summed E-state index contributed by atoms with van der Waals surface area (Å²) < 4.78 is 36.9. The number of halogens is 2. The van der Waals surface area contributed by atoms with E-state index in [4.69, 9.17) is 14.9 Å². The minimum Gasteiger partial charge on any atom is -0.449 e. The van der Waals surface area contributed by atoms with Gasteiger partial charge in [-0.2, -0.15) is 0 Å². The van der Waals surface area contributed by atoms with Crippen molar-refractivity contribution < 1.29 is 38.1 Å². The lowest BCUT2D eigenvalue weighted by atomic mass is 9.84. The molecule has 3 atom stereocenters. The highest BCUT2D eigenvalue weighted by Crippen LogP contribution is 2.44. The van der Waals surface area contributed by atoms with Crippen LogP contribution in [0.25, 0.3) is 22.3 Å². The number of nitrogens with zero attached hydrogens (tertiary/aromatic N) is 1. The molecule has 1 aliphatic carbocycles. The van der Waals surface area contributed by atoms with E-state index in [0.29, 0.717) is 31.6 Å². The van der Waals surface area contributed by atoms with E-state index in [9.17, 15) is 23.2 Å². The molecule has 0 bridgehead atoms. The second-order valence-corrected chi connectivity index (χ2v) is 17.2. The van der Waals surface area contributed by atoms with Gasteiger partial charge in [-0.15, -0.1) is 0 Å². The van der Waals surface area contributed by atoms with E-state index in [1.165, 1.54) is 6.07 Å². The van der Waals surface area contributed by atoms with Gasteiger partial charge in [-0.1, -0.05) is 113 Å². The average Bonchev–Trinajstić information content (AvgIpc) is 3.82. The number of rotatable bonds is 17. The molecule has 0 saturated heterocycles. The Morgan fingerprint density at radius 2 is 1.38 bits per heavy atom. The first kappa shape index (κ1) is 48.1. The zero-order chi connectivity index (χ0) is 45.7. The van der Waals surface area contributed by atoms with Gasteiger partial charge in [-0.3, -0.25) is 9.59 Å². The highest BCUT2D eigenvalue weighted by Gasteiger charge is 2.32. The summed E-state index contributed by atoms with van der Waals surface area (Å²) in [4.78, 5) is 39.5. The maximum absolute atomic E-state index is 14.9. The maximum Gasteiger partial charge on any atom is 0.407 e. The van der Waals surface area contributed by atoms with Crippen molar-refractivity contribution in [3.63, 3.8) is 0 Å². The smallest absolute Gasteiger partial charge is 0.407 e. The van der Waals surface area contributed by atoms with Crippen LogP contribution in [0.15, 0.2) is 109 Å². The molecule has 3 amide bonds. The normalized spacial score (nSPS) is 13.5. The predicted octanol–water partition coefficient (Wildman–Crippen LogP) is 7.70. The number of carbonyl (C=O) groups is 3. The number of nitrogens with one attached hydrogen (secondary N) is 4. The van der Waals surface area contributed by atoms with Gasteiger partial charge in [0.1, 0.15) is 30.3 Å². The number of carbonyl (C=O) groups excluding carboxylic acids is 3. The summed E-state index contributed by atoms with van der Waals surface area (Å²) in [5.74, 6) is -2.23. The number of benzene rings is 4. The lowest BCUT2D eigenvalue weighted by molar-refractivity contribution is -0.130. The molecule has 0 unspecified atom stereocenters. The molecule has 6 rings (SSSR count). The minimum absolute atomic E-state index is 0.116. The number of aliphatic hydroxyl groups excluding tert-OH is 2. The molecule has 0 spiro atoms. The van der Waals surface area contributed by atoms with Crippen molar-refractivity contribution >= 4 is 17.9 Å². The summed E-state index contributed by atoms with van der Waals surface area (Å²) in [5.41, 5.74) is 6.92. The molecule has 4 aromatic carbocycles. The van der Waals surface area contributed by atoms with E-state index in [2.05, 4.69) is 58.7 Å². The molecule has 1 aliphatic rings. The second-order valence-electron chi connectivity index (χ2n) is 17.2. The Morgan fingerprint density at radius 1 is 0.762 bits per heavy atom. The number of hydrogen-bond donors (Lipinski definition) is 6. The summed E-state index contributed by atoms with van der Waals surface area (Å²) in [6.45, 7) is 12.9. The Kier molecular flexibility index (Phi) is 17.2. The highest BCUT2D eigenvalue weighted by molar-refractivity contribution is 5.91. The topological polar surface area (TPSA) is 154 Å². The summed E-state index contributed by atoms with van der Waals surface area (Å²) in [7, 11) is 0. The molecular formula is C50H61F2N5O6. The number of hydrogen-bond acceptors (Lipinski definition) is 7. The molecular weight excluding hydrogens is 805 g/mol. The van der Waals surface area contributed by atoms with Crippen LogP contribution in [-0.2, 0) is 20.9 Å². The van der Waals surface area contributed by atoms with Crippen molar-refractivity contribution in [2.75, 3.05) is 32.9 Å². The van der Waals surface area contributed by atoms with Crippen LogP contribution in [0.3, 0.4) is 0 Å². The second kappa shape index (κ2) is 22.5. The van der Waals surface area contributed by atoms with Crippen LogP contribution < -0.4 is 21.3 Å². The maximum atomic E-state index is 14.9. The van der Waals surface area contributed by atoms with Crippen molar-refractivity contribution in [1.29, 1.82) is 0 Å². The first-order valence-corrected chi connectivity index (χ1v) is 21.5. The Labute approximate surface area is 369 Å². The van der Waals surface area contributed by atoms with E-state index in [0.717, 1.165) is 45.6 Å². The molecule has 63 heavy (non-hydrogen) atoms. The Morgan fingerprint density at radius 3 is 1.98 bits per heavy atom. The molecule has 1 aromatic heterocycles. The summed E-state index contributed by atoms with van der Waals surface area (Å²) in [6.07, 6.45) is 1.75. The number of aromatic nitrogens is 1. The quantitative estimate of drug-likeness (QED) is 0.0524. The Bertz CT molecular complexity index is 2240. The third-order valence-corrected chi connectivity index (χ3v) is 10.9. The van der Waals surface area contributed by atoms with E-state index in [1.807, 2.05) is 92.8 Å². The van der Waals surface area contributed by atoms with Crippen LogP contribution in [0, 0.1) is 23.0 Å². The molecule has 6 N–H and O–H groups in total. The highest BCUT2D eigenvalue weighted by atomic mass is 19.1. The number of alkyl carbamates (subject to hydrolysis) is 1. The van der Waals surface area contributed by atoms with Crippen LogP contribution in [0.2, 0.25) is 0 Å². The summed E-state index contributed by atoms with van der Waals surface area (Å²) in [6, 6.07) is 29.5. The van der Waals surface area contributed by atoms with Crippen LogP contribution in [0.5, 0.6) is 0 Å². The van der Waals surface area contributed by atoms with Gasteiger partial charge in [0.05, 0.1) is 19.3 Å². The van der Waals surface area contributed by atoms with Crippen LogP contribution in [-0.4, -0.2) is 77.7 Å². The fourth-order valence-corrected chi connectivity index (χ4v) is 7.78. The lowest BCUT2D eigenvalue weighted by Crippen LogP contribution is -2.54. The van der Waals surface area contributed by atoms with E-state index in [1.54, 1.807) is 6.92 Å². The standard InChI is InChI=1S/C48H55F2N5O4.C2H6O2/c1-30(2)43(54-47(58)59-29-40-37-19-12-10-17-35(37)36-18-11-13-20-38(36)40)46(57)53-31(3)45(56)52-24-14-23-51-44(48(4,5)6)42-25-33(39-26-34(49)21-22-41(39)50)28-55(42)27-32-15-8-7-9-16-32;3-1-2-4/h7-13,15-22,25-26,28,30-31,40,43-44,51H,14,23-24,27,29H2,1-6H3,(H,52,56)(H,53,57)(H,54,58);3-4H,1-2H2/t31-,43-,44-;/m0./s1. The van der Waals surface area contributed by atoms with E-state index < -0.39 is 35.7 Å². The molecule has 0 saturated carbocycles. The van der Waals surface area contributed by atoms with Gasteiger partial charge in [0.2, 0.25) is 11.8 Å². The van der Waals surface area contributed by atoms with Crippen molar-refractivity contribution in [2.45, 2.75) is 78.6 Å². The van der Waals surface area contributed by atoms with Crippen molar-refractivity contribution in [3.8, 4) is 22.3 Å². The van der Waals surface area contributed by atoms with Gasteiger partial charge in [0.15, 0.2) is 0 Å². The summed E-state index contributed by atoms with van der Waals surface area (Å²) in [5, 5.41) is 27.3. The van der Waals surface area contributed by atoms with Gasteiger partial charge in [-0.05, 0) is 83.3 Å². The number of ether oxygens (including phenoxy) is 1. The van der Waals surface area contributed by atoms with Crippen molar-refractivity contribution in [3.05, 3.63) is 143 Å². The first-order chi connectivity index (χ1) is 30.1. The molecule has 13 heteroatoms. The van der Waals surface area contributed by atoms with Gasteiger partial charge in [-0.25, -0.2) is 13.6 Å². The van der Waals surface area contributed by atoms with Gasteiger partial charge in [0, 0.05) is 42.0 Å². The Balaban J connectivity index is 0.00000179. The molecule has 0 aliphatic heterocycles. The zero-order valence-corrected chi connectivity index (χ0v) is 37.0. The fourth-order valence-electron chi connectivity index (χ4n) is 7.78. The minimum atomic E-state index is -0.918. The van der Waals surface area contributed by atoms with Crippen LogP contribution >= 0.6 is 0 Å². The van der Waals surface area contributed by atoms with E-state index >= 15 is 0 Å². The SMILES string of the molecule is CC(C)[C@H](NC(=O)OCC1c2ccccc2-c2ccccc21)C(=O)N[C@@H](C)C(=O)NCCCN[C@@H](c1cc(-c2cc(F)ccc2F)cn1Cc1ccccc1)C(C)(C)C.OCCO. The van der Waals surface area contributed by atoms with Gasteiger partial charge >= 0.3 is 6.09 Å². The van der Waals surface area contributed by atoms with Crippen molar-refractivity contribution in [1.82, 2.24) is 25.8 Å². The average molecular weight is 866 g/mol. The third kappa shape index (κ3) is 12.8. The zero-order valence-electron chi connectivity index (χ0n) is 37.0. The fraction of sp³-hybridized carbons (Fsp3) is 0.380. The molecule has 0 fully saturated rings. The number of amides is 3. The third-order valence-electron chi connectivity index (χ3n) is 10.9. The first-order valence-electron chi connectivity index (χ1n) is 21.5.